The van der Waals surface area contributed by atoms with Gasteiger partial charge in [0, 0.05) is 26.6 Å². The number of hydrogen-bond acceptors (Lipinski definition) is 2. The molecular weight excluding hydrogens is 262 g/mol. The molecule has 0 atom stereocenters. The lowest BCUT2D eigenvalue weighted by Crippen LogP contribution is -2.36. The van der Waals surface area contributed by atoms with Crippen LogP contribution in [0.15, 0.2) is 18.2 Å². The molecule has 1 aromatic carbocycles. The van der Waals surface area contributed by atoms with Gasteiger partial charge in [0.2, 0.25) is 5.91 Å². The molecule has 0 aliphatic carbocycles. The molecule has 0 saturated heterocycles. The standard InChI is InChI=1S/C18H29NO2/c1-14(2)13-19(10-11-21-5)18(20)9-8-17-7-6-15(3)12-16(17)4/h6-7,12,14H,8-11,13H2,1-5H3. The van der Waals surface area contributed by atoms with E-state index < -0.39 is 0 Å². The molecule has 0 aromatic heterocycles. The van der Waals surface area contributed by atoms with Gasteiger partial charge in [0.1, 0.15) is 0 Å². The molecule has 21 heavy (non-hydrogen) atoms. The lowest BCUT2D eigenvalue weighted by atomic mass is 10.0. The Morgan fingerprint density at radius 3 is 2.57 bits per heavy atom. The van der Waals surface area contributed by atoms with Crippen LogP contribution in [0.3, 0.4) is 0 Å². The second-order valence-electron chi connectivity index (χ2n) is 6.16. The molecule has 118 valence electrons. The minimum absolute atomic E-state index is 0.223. The van der Waals surface area contributed by atoms with Crippen LogP contribution in [0.2, 0.25) is 0 Å². The molecule has 0 unspecified atom stereocenters. The number of aryl methyl sites for hydroxylation is 3. The first-order chi connectivity index (χ1) is 9.93. The van der Waals surface area contributed by atoms with Gasteiger partial charge in [-0.1, -0.05) is 37.6 Å². The normalized spacial score (nSPS) is 11.0. The maximum absolute atomic E-state index is 12.4. The van der Waals surface area contributed by atoms with Crippen molar-refractivity contribution < 1.29 is 9.53 Å². The zero-order valence-corrected chi connectivity index (χ0v) is 14.1. The van der Waals surface area contributed by atoms with Crippen molar-refractivity contribution in [1.82, 2.24) is 4.90 Å². The van der Waals surface area contributed by atoms with E-state index in [0.717, 1.165) is 13.0 Å². The number of amides is 1. The van der Waals surface area contributed by atoms with Crippen molar-refractivity contribution in [2.24, 2.45) is 5.92 Å². The fraction of sp³-hybridized carbons (Fsp3) is 0.611. The quantitative estimate of drug-likeness (QED) is 0.735. The zero-order valence-electron chi connectivity index (χ0n) is 14.1. The van der Waals surface area contributed by atoms with Crippen LogP contribution in [0.5, 0.6) is 0 Å². The predicted molar refractivity (Wildman–Crippen MR) is 87.5 cm³/mol. The Labute approximate surface area is 129 Å². The van der Waals surface area contributed by atoms with Gasteiger partial charge < -0.3 is 9.64 Å². The zero-order chi connectivity index (χ0) is 15.8. The van der Waals surface area contributed by atoms with Gasteiger partial charge in [0.15, 0.2) is 0 Å². The van der Waals surface area contributed by atoms with E-state index >= 15 is 0 Å². The summed E-state index contributed by atoms with van der Waals surface area (Å²) in [5, 5.41) is 0. The van der Waals surface area contributed by atoms with Crippen LogP contribution < -0.4 is 0 Å². The van der Waals surface area contributed by atoms with Gasteiger partial charge >= 0.3 is 0 Å². The molecule has 0 radical (unpaired) electrons. The second-order valence-corrected chi connectivity index (χ2v) is 6.16. The van der Waals surface area contributed by atoms with Gasteiger partial charge in [-0.15, -0.1) is 0 Å². The summed E-state index contributed by atoms with van der Waals surface area (Å²) in [6, 6.07) is 6.43. The fourth-order valence-corrected chi connectivity index (χ4v) is 2.49. The molecule has 0 bridgehead atoms. The van der Waals surface area contributed by atoms with Crippen molar-refractivity contribution in [2.45, 2.75) is 40.5 Å². The van der Waals surface area contributed by atoms with Gasteiger partial charge in [-0.25, -0.2) is 0 Å². The first kappa shape index (κ1) is 17.7. The summed E-state index contributed by atoms with van der Waals surface area (Å²) < 4.78 is 5.11. The Morgan fingerprint density at radius 2 is 2.00 bits per heavy atom. The van der Waals surface area contributed by atoms with Gasteiger partial charge in [-0.05, 0) is 37.3 Å². The Hall–Kier alpha value is -1.35. The highest BCUT2D eigenvalue weighted by Crippen LogP contribution is 2.13. The highest BCUT2D eigenvalue weighted by Gasteiger charge is 2.15. The smallest absolute Gasteiger partial charge is 0.222 e. The average molecular weight is 291 g/mol. The summed E-state index contributed by atoms with van der Waals surface area (Å²) in [6.45, 7) is 10.6. The Morgan fingerprint density at radius 1 is 1.29 bits per heavy atom. The van der Waals surface area contributed by atoms with E-state index in [9.17, 15) is 4.79 Å². The van der Waals surface area contributed by atoms with Crippen LogP contribution in [-0.4, -0.2) is 37.6 Å². The number of hydrogen-bond donors (Lipinski definition) is 0. The van der Waals surface area contributed by atoms with Crippen LogP contribution in [0.1, 0.15) is 37.0 Å². The minimum atomic E-state index is 0.223. The summed E-state index contributed by atoms with van der Waals surface area (Å²) in [7, 11) is 1.67. The molecule has 0 fully saturated rings. The Bertz CT molecular complexity index is 455. The maximum atomic E-state index is 12.4. The third kappa shape index (κ3) is 6.30. The molecule has 1 aromatic rings. The van der Waals surface area contributed by atoms with Gasteiger partial charge in [-0.2, -0.15) is 0 Å². The van der Waals surface area contributed by atoms with Crippen molar-refractivity contribution in [1.29, 1.82) is 0 Å². The second kappa shape index (κ2) is 8.83. The van der Waals surface area contributed by atoms with Gasteiger partial charge in [0.25, 0.3) is 0 Å². The van der Waals surface area contributed by atoms with Crippen LogP contribution >= 0.6 is 0 Å². The van der Waals surface area contributed by atoms with E-state index in [1.165, 1.54) is 16.7 Å². The molecule has 3 nitrogen and oxygen atoms in total. The largest absolute Gasteiger partial charge is 0.383 e. The number of rotatable bonds is 8. The highest BCUT2D eigenvalue weighted by atomic mass is 16.5. The van der Waals surface area contributed by atoms with Crippen LogP contribution in [-0.2, 0) is 16.0 Å². The molecule has 0 N–H and O–H groups in total. The number of benzene rings is 1. The number of carbonyl (C=O) groups is 1. The number of nitrogens with zero attached hydrogens (tertiary/aromatic N) is 1. The van der Waals surface area contributed by atoms with Crippen LogP contribution in [0.25, 0.3) is 0 Å². The summed E-state index contributed by atoms with van der Waals surface area (Å²) >= 11 is 0. The van der Waals surface area contributed by atoms with E-state index in [-0.39, 0.29) is 5.91 Å². The van der Waals surface area contributed by atoms with Crippen LogP contribution in [0.4, 0.5) is 0 Å². The fourth-order valence-electron chi connectivity index (χ4n) is 2.49. The molecule has 3 heteroatoms. The van der Waals surface area contributed by atoms with E-state index in [0.29, 0.717) is 25.5 Å². The van der Waals surface area contributed by atoms with Crippen molar-refractivity contribution in [3.63, 3.8) is 0 Å². The summed E-state index contributed by atoms with van der Waals surface area (Å²) in [5.41, 5.74) is 3.81. The molecule has 0 spiro atoms. The molecular formula is C18H29NO2. The Balaban J connectivity index is 2.59. The number of carbonyl (C=O) groups excluding carboxylic acids is 1. The first-order valence-corrected chi connectivity index (χ1v) is 7.77. The third-order valence-electron chi connectivity index (χ3n) is 3.61. The van der Waals surface area contributed by atoms with E-state index in [4.69, 9.17) is 4.74 Å². The monoisotopic (exact) mass is 291 g/mol. The van der Waals surface area contributed by atoms with Crippen molar-refractivity contribution in [2.75, 3.05) is 26.8 Å². The summed E-state index contributed by atoms with van der Waals surface area (Å²) in [4.78, 5) is 14.3. The summed E-state index contributed by atoms with van der Waals surface area (Å²) in [5.74, 6) is 0.702. The van der Waals surface area contributed by atoms with Crippen LogP contribution in [0, 0.1) is 19.8 Å². The topological polar surface area (TPSA) is 29.5 Å². The maximum Gasteiger partial charge on any atom is 0.222 e. The molecule has 0 aliphatic heterocycles. The lowest BCUT2D eigenvalue weighted by molar-refractivity contribution is -0.132. The minimum Gasteiger partial charge on any atom is -0.383 e. The SMILES string of the molecule is COCCN(CC(C)C)C(=O)CCc1ccc(C)cc1C. The molecule has 0 heterocycles. The third-order valence-corrected chi connectivity index (χ3v) is 3.61. The molecule has 0 aliphatic rings. The number of methoxy groups -OCH3 is 1. The highest BCUT2D eigenvalue weighted by molar-refractivity contribution is 5.76. The van der Waals surface area contributed by atoms with Crippen molar-refractivity contribution in [3.8, 4) is 0 Å². The van der Waals surface area contributed by atoms with Crippen molar-refractivity contribution >= 4 is 5.91 Å². The Kier molecular flexibility index (Phi) is 7.44. The molecule has 1 rings (SSSR count). The van der Waals surface area contributed by atoms with E-state index in [2.05, 4.69) is 45.9 Å². The predicted octanol–water partition coefficient (Wildman–Crippen LogP) is 3.37. The number of ether oxygens (including phenoxy) is 1. The van der Waals surface area contributed by atoms with E-state index in [1.807, 2.05) is 4.90 Å². The van der Waals surface area contributed by atoms with Crippen molar-refractivity contribution in [3.05, 3.63) is 34.9 Å². The first-order valence-electron chi connectivity index (χ1n) is 7.77. The van der Waals surface area contributed by atoms with Gasteiger partial charge in [-0.3, -0.25) is 4.79 Å². The summed E-state index contributed by atoms with van der Waals surface area (Å²) in [6.07, 6.45) is 1.38. The lowest BCUT2D eigenvalue weighted by Gasteiger charge is -2.24. The molecule has 1 amide bonds. The average Bonchev–Trinajstić information content (AvgIpc) is 2.41. The van der Waals surface area contributed by atoms with E-state index in [1.54, 1.807) is 7.11 Å². The van der Waals surface area contributed by atoms with Gasteiger partial charge in [0.05, 0.1) is 6.61 Å². The molecule has 0 saturated carbocycles.